The largest absolute Gasteiger partial charge is 0.416 e. The molecule has 2 aromatic heterocycles. The fourth-order valence-electron chi connectivity index (χ4n) is 3.58. The standard InChI is InChI=1S/C21H26F6N6O3/c1-19(2,21(25,26)27)36-9-13(28)14-7-33-17(30-14)5-11(6-29-33)15(10-35-12-3-4-12)32-8-16(20(22,23)24)31-18(32)34/h5-7,12-13,15-16H,3-4,8-10,28H2,1-2H3,(H,31,34)/t13-,15+,16?/m0/s1. The molecular weight excluding hydrogens is 498 g/mol. The number of rotatable bonds is 9. The fourth-order valence-corrected chi connectivity index (χ4v) is 3.58. The first kappa shape index (κ1) is 26.4. The van der Waals surface area contributed by atoms with Crippen molar-refractivity contribution in [3.8, 4) is 0 Å². The number of alkyl halides is 6. The molecule has 0 radical (unpaired) electrons. The summed E-state index contributed by atoms with van der Waals surface area (Å²) in [6.45, 7) is 0.683. The van der Waals surface area contributed by atoms with E-state index in [0.29, 0.717) is 5.56 Å². The Kier molecular flexibility index (Phi) is 6.85. The molecule has 36 heavy (non-hydrogen) atoms. The van der Waals surface area contributed by atoms with Crippen LogP contribution in [0.4, 0.5) is 31.1 Å². The zero-order valence-electron chi connectivity index (χ0n) is 19.4. The smallest absolute Gasteiger partial charge is 0.376 e. The minimum absolute atomic E-state index is 0.00903. The van der Waals surface area contributed by atoms with Gasteiger partial charge in [-0.3, -0.25) is 0 Å². The molecule has 9 nitrogen and oxygen atoms in total. The van der Waals surface area contributed by atoms with Gasteiger partial charge in [-0.05, 0) is 32.8 Å². The highest BCUT2D eigenvalue weighted by Crippen LogP contribution is 2.34. The van der Waals surface area contributed by atoms with Crippen LogP contribution in [0.25, 0.3) is 5.65 Å². The van der Waals surface area contributed by atoms with E-state index in [1.807, 2.05) is 5.32 Å². The van der Waals surface area contributed by atoms with E-state index < -0.39 is 55.3 Å². The van der Waals surface area contributed by atoms with Crippen LogP contribution >= 0.6 is 0 Å². The van der Waals surface area contributed by atoms with E-state index >= 15 is 0 Å². The summed E-state index contributed by atoms with van der Waals surface area (Å²) in [5.74, 6) is 0. The number of nitrogens with two attached hydrogens (primary N) is 1. The molecule has 2 amide bonds. The second kappa shape index (κ2) is 9.34. The lowest BCUT2D eigenvalue weighted by Gasteiger charge is -2.28. The molecule has 1 saturated heterocycles. The summed E-state index contributed by atoms with van der Waals surface area (Å²) < 4.78 is 90.7. The van der Waals surface area contributed by atoms with E-state index in [4.69, 9.17) is 15.2 Å². The first-order chi connectivity index (χ1) is 16.7. The Bertz CT molecular complexity index is 1100. The van der Waals surface area contributed by atoms with Crippen LogP contribution in [0.3, 0.4) is 0 Å². The molecule has 0 aromatic carbocycles. The van der Waals surface area contributed by atoms with Gasteiger partial charge in [-0.2, -0.15) is 31.4 Å². The molecule has 2 aromatic rings. The van der Waals surface area contributed by atoms with E-state index in [9.17, 15) is 31.1 Å². The van der Waals surface area contributed by atoms with Gasteiger partial charge in [-0.15, -0.1) is 0 Å². The lowest BCUT2D eigenvalue weighted by atomic mass is 10.1. The van der Waals surface area contributed by atoms with Gasteiger partial charge in [0.2, 0.25) is 0 Å². The maximum Gasteiger partial charge on any atom is 0.416 e. The average molecular weight is 524 g/mol. The van der Waals surface area contributed by atoms with Gasteiger partial charge >= 0.3 is 18.4 Å². The number of nitrogens with zero attached hydrogens (tertiary/aromatic N) is 4. The SMILES string of the molecule is CC(C)(OC[C@H](N)c1cn2ncc([C@@H](COC3CC3)N3CC(C(F)(F)F)NC3=O)cc2n1)C(F)(F)F. The Labute approximate surface area is 201 Å². The van der Waals surface area contributed by atoms with Gasteiger partial charge in [0.15, 0.2) is 11.2 Å². The molecule has 200 valence electrons. The monoisotopic (exact) mass is 524 g/mol. The second-order valence-electron chi connectivity index (χ2n) is 9.43. The van der Waals surface area contributed by atoms with Gasteiger partial charge in [-0.25, -0.2) is 14.3 Å². The molecule has 3 atom stereocenters. The predicted octanol–water partition coefficient (Wildman–Crippen LogP) is 3.26. The number of carbonyl (C=O) groups is 1. The molecule has 2 fully saturated rings. The van der Waals surface area contributed by atoms with Crippen LogP contribution < -0.4 is 11.1 Å². The molecule has 15 heteroatoms. The third-order valence-corrected chi connectivity index (χ3v) is 6.15. The van der Waals surface area contributed by atoms with E-state index in [0.717, 1.165) is 31.6 Å². The molecule has 0 spiro atoms. The summed E-state index contributed by atoms with van der Waals surface area (Å²) >= 11 is 0. The summed E-state index contributed by atoms with van der Waals surface area (Å²) in [7, 11) is 0. The number of ether oxygens (including phenoxy) is 2. The molecule has 2 aliphatic rings. The van der Waals surface area contributed by atoms with Crippen molar-refractivity contribution in [1.82, 2.24) is 24.8 Å². The first-order valence-electron chi connectivity index (χ1n) is 11.2. The van der Waals surface area contributed by atoms with E-state index in [2.05, 4.69) is 10.1 Å². The van der Waals surface area contributed by atoms with Crippen LogP contribution in [0.15, 0.2) is 18.5 Å². The molecule has 1 aliphatic heterocycles. The second-order valence-corrected chi connectivity index (χ2v) is 9.43. The zero-order chi connectivity index (χ0) is 26.5. The van der Waals surface area contributed by atoms with Gasteiger partial charge < -0.3 is 25.4 Å². The number of hydrogen-bond acceptors (Lipinski definition) is 6. The van der Waals surface area contributed by atoms with Crippen molar-refractivity contribution in [1.29, 1.82) is 0 Å². The third kappa shape index (κ3) is 5.67. The number of carbonyl (C=O) groups excluding carboxylic acids is 1. The van der Waals surface area contributed by atoms with Gasteiger partial charge in [0.25, 0.3) is 0 Å². The van der Waals surface area contributed by atoms with Crippen molar-refractivity contribution in [2.75, 3.05) is 19.8 Å². The normalized spacial score (nSPS) is 21.2. The maximum atomic E-state index is 13.2. The number of aromatic nitrogens is 3. The molecule has 4 rings (SSSR count). The van der Waals surface area contributed by atoms with Gasteiger partial charge in [-0.1, -0.05) is 0 Å². The highest BCUT2D eigenvalue weighted by Gasteiger charge is 2.49. The fraction of sp³-hybridized carbons (Fsp3) is 0.667. The van der Waals surface area contributed by atoms with Gasteiger partial charge in [0, 0.05) is 5.56 Å². The minimum Gasteiger partial charge on any atom is -0.376 e. The Morgan fingerprint density at radius 2 is 1.89 bits per heavy atom. The van der Waals surface area contributed by atoms with Crippen LogP contribution in [0.2, 0.25) is 0 Å². The van der Waals surface area contributed by atoms with Crippen molar-refractivity contribution in [2.45, 2.75) is 68.9 Å². The highest BCUT2D eigenvalue weighted by molar-refractivity contribution is 5.77. The van der Waals surface area contributed by atoms with Crippen molar-refractivity contribution in [3.05, 3.63) is 29.7 Å². The number of hydrogen-bond donors (Lipinski definition) is 2. The van der Waals surface area contributed by atoms with Crippen LogP contribution in [0.5, 0.6) is 0 Å². The summed E-state index contributed by atoms with van der Waals surface area (Å²) in [6.07, 6.45) is -4.75. The minimum atomic E-state index is -4.61. The van der Waals surface area contributed by atoms with Crippen molar-refractivity contribution < 1.29 is 40.6 Å². The van der Waals surface area contributed by atoms with Crippen LogP contribution in [-0.2, 0) is 9.47 Å². The summed E-state index contributed by atoms with van der Waals surface area (Å²) in [5.41, 5.74) is 4.42. The van der Waals surface area contributed by atoms with Crippen LogP contribution in [-0.4, -0.2) is 75.4 Å². The summed E-state index contributed by atoms with van der Waals surface area (Å²) in [6, 6.07) is -3.22. The molecule has 3 heterocycles. The third-order valence-electron chi connectivity index (χ3n) is 6.15. The molecule has 0 bridgehead atoms. The Morgan fingerprint density at radius 3 is 2.47 bits per heavy atom. The molecular formula is C21H26F6N6O3. The number of nitrogens with one attached hydrogen (secondary N) is 1. The zero-order valence-corrected chi connectivity index (χ0v) is 19.4. The number of fused-ring (bicyclic) bond motifs is 1. The number of urea groups is 1. The van der Waals surface area contributed by atoms with Crippen LogP contribution in [0.1, 0.15) is 50.0 Å². The van der Waals surface area contributed by atoms with Crippen molar-refractivity contribution in [2.24, 2.45) is 5.73 Å². The number of amides is 2. The summed E-state index contributed by atoms with van der Waals surface area (Å²) in [5, 5.41) is 6.15. The molecule has 3 N–H and O–H groups in total. The molecule has 1 saturated carbocycles. The Balaban J connectivity index is 1.54. The van der Waals surface area contributed by atoms with E-state index in [1.165, 1.54) is 23.0 Å². The number of imidazole rings is 1. The lowest BCUT2D eigenvalue weighted by Crippen LogP contribution is -2.43. The number of halogens is 6. The first-order valence-corrected chi connectivity index (χ1v) is 11.2. The van der Waals surface area contributed by atoms with Crippen molar-refractivity contribution in [3.63, 3.8) is 0 Å². The quantitative estimate of drug-likeness (QED) is 0.488. The van der Waals surface area contributed by atoms with Crippen molar-refractivity contribution >= 4 is 11.7 Å². The van der Waals surface area contributed by atoms with Gasteiger partial charge in [0.1, 0.15) is 6.04 Å². The summed E-state index contributed by atoms with van der Waals surface area (Å²) in [4.78, 5) is 17.7. The topological polar surface area (TPSA) is 107 Å². The molecule has 1 aliphatic carbocycles. The Hall–Kier alpha value is -2.65. The lowest BCUT2D eigenvalue weighted by molar-refractivity contribution is -0.264. The highest BCUT2D eigenvalue weighted by atomic mass is 19.4. The van der Waals surface area contributed by atoms with E-state index in [-0.39, 0.29) is 24.1 Å². The maximum absolute atomic E-state index is 13.2. The van der Waals surface area contributed by atoms with Gasteiger partial charge in [0.05, 0.1) is 56.0 Å². The Morgan fingerprint density at radius 1 is 1.19 bits per heavy atom. The average Bonchev–Trinajstić information content (AvgIpc) is 3.36. The molecule has 1 unspecified atom stereocenters. The van der Waals surface area contributed by atoms with E-state index in [1.54, 1.807) is 0 Å². The predicted molar refractivity (Wildman–Crippen MR) is 113 cm³/mol. The van der Waals surface area contributed by atoms with Crippen LogP contribution in [0, 0.1) is 0 Å².